The van der Waals surface area contributed by atoms with Gasteiger partial charge in [-0.3, -0.25) is 4.79 Å². The molecule has 4 heteroatoms. The first-order valence-electron chi connectivity index (χ1n) is 6.39. The molecule has 1 aromatic rings. The molecule has 0 saturated carbocycles. The Labute approximate surface area is 111 Å². The first kappa shape index (κ1) is 12.0. The second-order valence-corrected chi connectivity index (χ2v) is 5.47. The minimum absolute atomic E-state index is 0.0279. The van der Waals surface area contributed by atoms with Crippen LogP contribution in [-0.2, 0) is 16.0 Å². The lowest BCUT2D eigenvalue weighted by Gasteiger charge is -2.19. The second-order valence-electron chi connectivity index (χ2n) is 4.91. The maximum Gasteiger partial charge on any atom is 0.249 e. The number of rotatable bonds is 2. The van der Waals surface area contributed by atoms with Gasteiger partial charge in [0, 0.05) is 6.61 Å². The first-order chi connectivity index (χ1) is 8.75. The Morgan fingerprint density at radius 2 is 2.22 bits per heavy atom. The molecule has 2 aliphatic rings. The standard InChI is InChI=1S/C14H16ClNO2/c15-11-8-9-4-1-2-5-10(9)13(11)16-14(17)12-6-3-7-18-12/h1-2,4-5,11-13H,3,6-8H2,(H,16,17). The average molecular weight is 266 g/mol. The van der Waals surface area contributed by atoms with E-state index < -0.39 is 0 Å². The van der Waals surface area contributed by atoms with E-state index in [1.807, 2.05) is 18.2 Å². The third-order valence-corrected chi connectivity index (χ3v) is 4.09. The van der Waals surface area contributed by atoms with Crippen molar-refractivity contribution in [1.82, 2.24) is 5.32 Å². The first-order valence-corrected chi connectivity index (χ1v) is 6.83. The van der Waals surface area contributed by atoms with Crippen molar-refractivity contribution in [2.45, 2.75) is 36.8 Å². The monoisotopic (exact) mass is 265 g/mol. The SMILES string of the molecule is O=C(NC1c2ccccc2CC1Cl)C1CCCO1. The predicted molar refractivity (Wildman–Crippen MR) is 69.6 cm³/mol. The van der Waals surface area contributed by atoms with Crippen molar-refractivity contribution in [2.75, 3.05) is 6.61 Å². The molecule has 0 bridgehead atoms. The molecule has 1 aliphatic heterocycles. The van der Waals surface area contributed by atoms with Crippen LogP contribution in [0.3, 0.4) is 0 Å². The minimum Gasteiger partial charge on any atom is -0.368 e. The Balaban J connectivity index is 1.74. The molecule has 1 aliphatic carbocycles. The van der Waals surface area contributed by atoms with E-state index in [1.165, 1.54) is 5.56 Å². The smallest absolute Gasteiger partial charge is 0.249 e. The topological polar surface area (TPSA) is 38.3 Å². The van der Waals surface area contributed by atoms with E-state index in [9.17, 15) is 4.79 Å². The number of ether oxygens (including phenoxy) is 1. The summed E-state index contributed by atoms with van der Waals surface area (Å²) in [6.07, 6.45) is 2.30. The van der Waals surface area contributed by atoms with Crippen LogP contribution < -0.4 is 5.32 Å². The summed E-state index contributed by atoms with van der Waals surface area (Å²) < 4.78 is 5.39. The molecule has 1 aromatic carbocycles. The third-order valence-electron chi connectivity index (χ3n) is 3.69. The summed E-state index contributed by atoms with van der Waals surface area (Å²) in [6.45, 7) is 0.684. The van der Waals surface area contributed by atoms with Crippen molar-refractivity contribution in [3.8, 4) is 0 Å². The fourth-order valence-electron chi connectivity index (χ4n) is 2.75. The van der Waals surface area contributed by atoms with Gasteiger partial charge in [0.05, 0.1) is 11.4 Å². The van der Waals surface area contributed by atoms with Crippen molar-refractivity contribution in [3.05, 3.63) is 35.4 Å². The number of fused-ring (bicyclic) bond motifs is 1. The number of hydrogen-bond donors (Lipinski definition) is 1. The van der Waals surface area contributed by atoms with E-state index in [0.29, 0.717) is 6.61 Å². The summed E-state index contributed by atoms with van der Waals surface area (Å²) in [5.41, 5.74) is 2.37. The fraction of sp³-hybridized carbons (Fsp3) is 0.500. The van der Waals surface area contributed by atoms with E-state index in [2.05, 4.69) is 11.4 Å². The van der Waals surface area contributed by atoms with Crippen LogP contribution in [0.5, 0.6) is 0 Å². The number of carbonyl (C=O) groups is 1. The molecule has 96 valence electrons. The quantitative estimate of drug-likeness (QED) is 0.833. The lowest BCUT2D eigenvalue weighted by molar-refractivity contribution is -0.130. The molecule has 1 amide bonds. The largest absolute Gasteiger partial charge is 0.368 e. The normalized spacial score (nSPS) is 30.2. The predicted octanol–water partition coefficient (Wildman–Crippen LogP) is 2.19. The van der Waals surface area contributed by atoms with Crippen LogP contribution in [0.1, 0.15) is 30.0 Å². The highest BCUT2D eigenvalue weighted by Gasteiger charge is 2.34. The summed E-state index contributed by atoms with van der Waals surface area (Å²) >= 11 is 6.34. The van der Waals surface area contributed by atoms with Crippen LogP contribution in [0.15, 0.2) is 24.3 Å². The van der Waals surface area contributed by atoms with Gasteiger partial charge in [0.15, 0.2) is 0 Å². The molecule has 1 saturated heterocycles. The summed E-state index contributed by atoms with van der Waals surface area (Å²) in [4.78, 5) is 12.1. The minimum atomic E-state index is -0.290. The fourth-order valence-corrected chi connectivity index (χ4v) is 3.11. The zero-order chi connectivity index (χ0) is 12.5. The van der Waals surface area contributed by atoms with Crippen molar-refractivity contribution in [3.63, 3.8) is 0 Å². The molecular formula is C14H16ClNO2. The molecular weight excluding hydrogens is 250 g/mol. The van der Waals surface area contributed by atoms with Gasteiger partial charge in [0.2, 0.25) is 5.91 Å². The zero-order valence-corrected chi connectivity index (χ0v) is 10.8. The Morgan fingerprint density at radius 3 is 3.00 bits per heavy atom. The molecule has 1 heterocycles. The molecule has 0 radical (unpaired) electrons. The number of nitrogens with one attached hydrogen (secondary N) is 1. The number of hydrogen-bond acceptors (Lipinski definition) is 2. The lowest BCUT2D eigenvalue weighted by atomic mass is 10.1. The summed E-state index contributed by atoms with van der Waals surface area (Å²) in [5.74, 6) is -0.0279. The van der Waals surface area contributed by atoms with Crippen molar-refractivity contribution >= 4 is 17.5 Å². The summed E-state index contributed by atoms with van der Waals surface area (Å²) in [6, 6.07) is 8.02. The second kappa shape index (κ2) is 4.90. The summed E-state index contributed by atoms with van der Waals surface area (Å²) in [5, 5.41) is 2.97. The molecule has 3 atom stereocenters. The van der Waals surface area contributed by atoms with E-state index in [4.69, 9.17) is 16.3 Å². The van der Waals surface area contributed by atoms with E-state index >= 15 is 0 Å². The zero-order valence-electron chi connectivity index (χ0n) is 10.1. The molecule has 3 rings (SSSR count). The van der Waals surface area contributed by atoms with Gasteiger partial charge in [-0.15, -0.1) is 11.6 Å². The van der Waals surface area contributed by atoms with Crippen molar-refractivity contribution in [2.24, 2.45) is 0 Å². The van der Waals surface area contributed by atoms with Gasteiger partial charge in [-0.05, 0) is 30.4 Å². The molecule has 3 unspecified atom stereocenters. The van der Waals surface area contributed by atoms with Gasteiger partial charge in [0.25, 0.3) is 0 Å². The van der Waals surface area contributed by atoms with Crippen molar-refractivity contribution in [1.29, 1.82) is 0 Å². The highest BCUT2D eigenvalue weighted by molar-refractivity contribution is 6.21. The molecule has 0 spiro atoms. The Kier molecular flexibility index (Phi) is 3.27. The molecule has 3 nitrogen and oxygen atoms in total. The Morgan fingerprint density at radius 1 is 1.39 bits per heavy atom. The van der Waals surface area contributed by atoms with Gasteiger partial charge in [-0.1, -0.05) is 24.3 Å². The lowest BCUT2D eigenvalue weighted by Crippen LogP contribution is -2.38. The van der Waals surface area contributed by atoms with Crippen molar-refractivity contribution < 1.29 is 9.53 Å². The molecule has 1 N–H and O–H groups in total. The van der Waals surface area contributed by atoms with Gasteiger partial charge in [-0.25, -0.2) is 0 Å². The Hall–Kier alpha value is -1.06. The number of benzene rings is 1. The third kappa shape index (κ3) is 2.13. The molecule has 0 aromatic heterocycles. The van der Waals surface area contributed by atoms with Crippen LogP contribution in [-0.4, -0.2) is 24.0 Å². The van der Waals surface area contributed by atoms with Gasteiger partial charge in [0.1, 0.15) is 6.10 Å². The highest BCUT2D eigenvalue weighted by atomic mass is 35.5. The Bertz CT molecular complexity index is 457. The van der Waals surface area contributed by atoms with Crippen LogP contribution in [0, 0.1) is 0 Å². The van der Waals surface area contributed by atoms with Crippen LogP contribution in [0.2, 0.25) is 0 Å². The van der Waals surface area contributed by atoms with Crippen LogP contribution >= 0.6 is 11.6 Å². The number of halogens is 1. The highest BCUT2D eigenvalue weighted by Crippen LogP contribution is 2.34. The molecule has 18 heavy (non-hydrogen) atoms. The average Bonchev–Trinajstić information content (AvgIpc) is 2.98. The maximum absolute atomic E-state index is 12.1. The molecule has 1 fully saturated rings. The van der Waals surface area contributed by atoms with Gasteiger partial charge in [-0.2, -0.15) is 0 Å². The van der Waals surface area contributed by atoms with E-state index in [0.717, 1.165) is 24.8 Å². The van der Waals surface area contributed by atoms with Crippen LogP contribution in [0.25, 0.3) is 0 Å². The number of alkyl halides is 1. The van der Waals surface area contributed by atoms with Crippen LogP contribution in [0.4, 0.5) is 0 Å². The summed E-state index contributed by atoms with van der Waals surface area (Å²) in [7, 11) is 0. The number of carbonyl (C=O) groups excluding carboxylic acids is 1. The number of amides is 1. The maximum atomic E-state index is 12.1. The van der Waals surface area contributed by atoms with E-state index in [-0.39, 0.29) is 23.4 Å². The van der Waals surface area contributed by atoms with Gasteiger partial charge >= 0.3 is 0 Å². The van der Waals surface area contributed by atoms with Gasteiger partial charge < -0.3 is 10.1 Å². The van der Waals surface area contributed by atoms with E-state index in [1.54, 1.807) is 0 Å².